The van der Waals surface area contributed by atoms with Gasteiger partial charge in [0.1, 0.15) is 23.1 Å². The number of carbonyl (C=O) groups is 1. The van der Waals surface area contributed by atoms with Gasteiger partial charge in [0.2, 0.25) is 0 Å². The largest absolute Gasteiger partial charge is 0.465 e. The SMILES string of the molecule is CCOC(=O)CN1CCC(CN2CCC(Nc3cccc(Oc4cccc(Cl)c4)c3)c3cnc(C)nc32)CC1. The van der Waals surface area contributed by atoms with Gasteiger partial charge in [-0.2, -0.15) is 0 Å². The Morgan fingerprint density at radius 2 is 1.85 bits per heavy atom. The zero-order valence-electron chi connectivity index (χ0n) is 22.6. The maximum atomic E-state index is 11.8. The fraction of sp³-hybridized carbons (Fsp3) is 0.433. The number of hydrogen-bond donors (Lipinski definition) is 1. The third-order valence-corrected chi connectivity index (χ3v) is 7.56. The number of nitrogens with one attached hydrogen (secondary N) is 1. The van der Waals surface area contributed by atoms with E-state index in [9.17, 15) is 4.79 Å². The van der Waals surface area contributed by atoms with E-state index in [1.807, 2.05) is 56.4 Å². The van der Waals surface area contributed by atoms with E-state index in [1.165, 1.54) is 0 Å². The summed E-state index contributed by atoms with van der Waals surface area (Å²) in [7, 11) is 0. The van der Waals surface area contributed by atoms with E-state index in [4.69, 9.17) is 26.1 Å². The Labute approximate surface area is 235 Å². The average molecular weight is 550 g/mol. The van der Waals surface area contributed by atoms with Gasteiger partial charge in [-0.25, -0.2) is 9.97 Å². The molecule has 0 aliphatic carbocycles. The van der Waals surface area contributed by atoms with Crippen LogP contribution in [-0.2, 0) is 9.53 Å². The number of piperidine rings is 1. The van der Waals surface area contributed by atoms with Crippen LogP contribution in [0, 0.1) is 12.8 Å². The number of nitrogens with zero attached hydrogens (tertiary/aromatic N) is 4. The number of anilines is 2. The summed E-state index contributed by atoms with van der Waals surface area (Å²) < 4.78 is 11.1. The maximum absolute atomic E-state index is 11.8. The van der Waals surface area contributed by atoms with E-state index in [1.54, 1.807) is 6.07 Å². The highest BCUT2D eigenvalue weighted by atomic mass is 35.5. The number of esters is 1. The molecule has 39 heavy (non-hydrogen) atoms. The predicted molar refractivity (Wildman–Crippen MR) is 154 cm³/mol. The van der Waals surface area contributed by atoms with Crippen LogP contribution in [0.3, 0.4) is 0 Å². The lowest BCUT2D eigenvalue weighted by Gasteiger charge is -2.39. The van der Waals surface area contributed by atoms with Gasteiger partial charge in [-0.15, -0.1) is 0 Å². The second-order valence-electron chi connectivity index (χ2n) is 10.2. The molecule has 9 heteroatoms. The highest BCUT2D eigenvalue weighted by Crippen LogP contribution is 2.36. The number of fused-ring (bicyclic) bond motifs is 1. The van der Waals surface area contributed by atoms with E-state index in [2.05, 4.69) is 26.2 Å². The zero-order chi connectivity index (χ0) is 27.2. The van der Waals surface area contributed by atoms with Gasteiger partial charge in [-0.3, -0.25) is 9.69 Å². The van der Waals surface area contributed by atoms with Crippen molar-refractivity contribution in [2.75, 3.05) is 49.5 Å². The molecule has 3 aromatic rings. The van der Waals surface area contributed by atoms with E-state index >= 15 is 0 Å². The first kappa shape index (κ1) is 27.2. The highest BCUT2D eigenvalue weighted by molar-refractivity contribution is 6.30. The molecule has 2 aromatic carbocycles. The zero-order valence-corrected chi connectivity index (χ0v) is 23.4. The van der Waals surface area contributed by atoms with Crippen molar-refractivity contribution >= 4 is 29.1 Å². The summed E-state index contributed by atoms with van der Waals surface area (Å²) in [6.07, 6.45) is 5.04. The molecule has 206 valence electrons. The Kier molecular flexibility index (Phi) is 8.84. The normalized spacial score (nSPS) is 17.9. The number of likely N-dealkylation sites (tertiary alicyclic amines) is 1. The predicted octanol–water partition coefficient (Wildman–Crippen LogP) is 5.87. The van der Waals surface area contributed by atoms with Crippen LogP contribution in [-0.4, -0.2) is 60.2 Å². The van der Waals surface area contributed by atoms with E-state index < -0.39 is 0 Å². The fourth-order valence-electron chi connectivity index (χ4n) is 5.39. The minimum atomic E-state index is -0.131. The molecule has 1 atom stereocenters. The van der Waals surface area contributed by atoms with E-state index in [-0.39, 0.29) is 12.0 Å². The first-order chi connectivity index (χ1) is 19.0. The number of benzene rings is 2. The van der Waals surface area contributed by atoms with Crippen molar-refractivity contribution in [2.24, 2.45) is 5.92 Å². The minimum Gasteiger partial charge on any atom is -0.465 e. The second-order valence-corrected chi connectivity index (χ2v) is 10.7. The lowest BCUT2D eigenvalue weighted by atomic mass is 9.94. The molecule has 0 saturated carbocycles. The molecule has 8 nitrogen and oxygen atoms in total. The first-order valence-corrected chi connectivity index (χ1v) is 14.1. The van der Waals surface area contributed by atoms with Gasteiger partial charge in [0.25, 0.3) is 0 Å². The molecular formula is C30H36ClN5O3. The molecule has 5 rings (SSSR count). The lowest BCUT2D eigenvalue weighted by molar-refractivity contribution is -0.144. The average Bonchev–Trinajstić information content (AvgIpc) is 2.91. The van der Waals surface area contributed by atoms with Crippen molar-refractivity contribution in [1.82, 2.24) is 14.9 Å². The van der Waals surface area contributed by atoms with Crippen LogP contribution in [0.1, 0.15) is 43.6 Å². The van der Waals surface area contributed by atoms with Gasteiger partial charge in [0.05, 0.1) is 19.2 Å². The molecule has 1 aromatic heterocycles. The van der Waals surface area contributed by atoms with E-state index in [0.29, 0.717) is 29.8 Å². The summed E-state index contributed by atoms with van der Waals surface area (Å²) in [5.41, 5.74) is 2.10. The number of carbonyl (C=O) groups excluding carboxylic acids is 1. The number of rotatable bonds is 9. The standard InChI is InChI=1S/C30H36ClN5O3/c1-3-38-29(37)20-35-13-10-22(11-14-35)19-36-15-12-28(27-18-32-21(2)33-30(27)36)34-24-7-5-9-26(17-24)39-25-8-4-6-23(31)16-25/h4-9,16-18,22,28,34H,3,10-15,19-20H2,1-2H3. The van der Waals surface area contributed by atoms with Crippen molar-refractivity contribution in [2.45, 2.75) is 39.2 Å². The van der Waals surface area contributed by atoms with Crippen molar-refractivity contribution in [1.29, 1.82) is 0 Å². The quantitative estimate of drug-likeness (QED) is 0.332. The van der Waals surface area contributed by atoms with Gasteiger partial charge in [-0.1, -0.05) is 23.7 Å². The van der Waals surface area contributed by atoms with E-state index in [0.717, 1.165) is 74.1 Å². The molecule has 1 unspecified atom stereocenters. The topological polar surface area (TPSA) is 79.8 Å². The van der Waals surface area contributed by atoms with Crippen molar-refractivity contribution in [3.05, 3.63) is 71.1 Å². The summed E-state index contributed by atoms with van der Waals surface area (Å²) in [6.45, 7) is 8.34. The molecule has 0 spiro atoms. The van der Waals surface area contributed by atoms with Gasteiger partial charge in [-0.05, 0) is 82.4 Å². The van der Waals surface area contributed by atoms with Crippen molar-refractivity contribution in [3.8, 4) is 11.5 Å². The van der Waals surface area contributed by atoms with Crippen molar-refractivity contribution in [3.63, 3.8) is 0 Å². The van der Waals surface area contributed by atoms with Gasteiger partial charge in [0, 0.05) is 41.6 Å². The van der Waals surface area contributed by atoms with Gasteiger partial charge >= 0.3 is 5.97 Å². The van der Waals surface area contributed by atoms with Crippen LogP contribution in [0.25, 0.3) is 0 Å². The lowest BCUT2D eigenvalue weighted by Crippen LogP contribution is -2.43. The molecule has 0 bridgehead atoms. The third-order valence-electron chi connectivity index (χ3n) is 7.33. The smallest absolute Gasteiger partial charge is 0.320 e. The van der Waals surface area contributed by atoms with Crippen LogP contribution in [0.15, 0.2) is 54.7 Å². The Hall–Kier alpha value is -3.36. The molecule has 2 aliphatic rings. The molecule has 1 N–H and O–H groups in total. The Bertz CT molecular complexity index is 1280. The maximum Gasteiger partial charge on any atom is 0.320 e. The summed E-state index contributed by atoms with van der Waals surface area (Å²) >= 11 is 6.11. The second kappa shape index (κ2) is 12.7. The number of halogens is 1. The number of aromatic nitrogens is 2. The molecule has 3 heterocycles. The molecule has 2 aliphatic heterocycles. The van der Waals surface area contributed by atoms with Gasteiger partial charge < -0.3 is 19.7 Å². The molecular weight excluding hydrogens is 514 g/mol. The monoisotopic (exact) mass is 549 g/mol. The number of hydrogen-bond acceptors (Lipinski definition) is 8. The summed E-state index contributed by atoms with van der Waals surface area (Å²) in [5.74, 6) is 3.68. The molecule has 1 fully saturated rings. The Morgan fingerprint density at radius 3 is 2.62 bits per heavy atom. The number of ether oxygens (including phenoxy) is 2. The first-order valence-electron chi connectivity index (χ1n) is 13.7. The molecule has 0 radical (unpaired) electrons. The Morgan fingerprint density at radius 1 is 1.08 bits per heavy atom. The van der Waals surface area contributed by atoms with Gasteiger partial charge in [0.15, 0.2) is 0 Å². The summed E-state index contributed by atoms with van der Waals surface area (Å²) in [5, 5.41) is 4.33. The van der Waals surface area contributed by atoms with Crippen LogP contribution in [0.5, 0.6) is 11.5 Å². The molecule has 1 saturated heterocycles. The third kappa shape index (κ3) is 7.19. The van der Waals surface area contributed by atoms with Crippen LogP contribution >= 0.6 is 11.6 Å². The summed E-state index contributed by atoms with van der Waals surface area (Å²) in [4.78, 5) is 25.9. The Balaban J connectivity index is 1.23. The fourth-order valence-corrected chi connectivity index (χ4v) is 5.57. The molecule has 0 amide bonds. The minimum absolute atomic E-state index is 0.102. The number of aryl methyl sites for hydroxylation is 1. The van der Waals surface area contributed by atoms with Crippen LogP contribution in [0.4, 0.5) is 11.5 Å². The van der Waals surface area contributed by atoms with Crippen LogP contribution in [0.2, 0.25) is 5.02 Å². The highest BCUT2D eigenvalue weighted by Gasteiger charge is 2.30. The van der Waals surface area contributed by atoms with Crippen LogP contribution < -0.4 is 15.0 Å². The summed E-state index contributed by atoms with van der Waals surface area (Å²) in [6, 6.07) is 15.5. The van der Waals surface area contributed by atoms with Crippen molar-refractivity contribution < 1.29 is 14.3 Å².